The van der Waals surface area contributed by atoms with Gasteiger partial charge >= 0.3 is 0 Å². The second-order valence-corrected chi connectivity index (χ2v) is 5.40. The number of halogens is 1. The maximum Gasteiger partial charge on any atom is 0.240 e. The molecule has 0 radical (unpaired) electrons. The van der Waals surface area contributed by atoms with Crippen molar-refractivity contribution < 1.29 is 9.18 Å². The van der Waals surface area contributed by atoms with Crippen LogP contribution in [0.3, 0.4) is 0 Å². The number of carbonyl (C=O) groups is 1. The van der Waals surface area contributed by atoms with Crippen molar-refractivity contribution in [2.45, 2.75) is 32.7 Å². The summed E-state index contributed by atoms with van der Waals surface area (Å²) in [5.41, 5.74) is 0.854. The lowest BCUT2D eigenvalue weighted by Crippen LogP contribution is -2.30. The molecule has 0 aliphatic rings. The van der Waals surface area contributed by atoms with Gasteiger partial charge in [-0.15, -0.1) is 0 Å². The molecular weight excluding hydrogens is 303 g/mol. The molecule has 1 heterocycles. The SMILES string of the molecule is CCCc1n[nH]c(=S)n1CC(=O)NCCc1cccc(F)c1. The van der Waals surface area contributed by atoms with E-state index < -0.39 is 0 Å². The number of H-pyrrole nitrogens is 1. The van der Waals surface area contributed by atoms with Crippen LogP contribution in [0.2, 0.25) is 0 Å². The summed E-state index contributed by atoms with van der Waals surface area (Å²) >= 11 is 5.13. The number of aryl methyl sites for hydroxylation is 1. The number of nitrogens with zero attached hydrogens (tertiary/aromatic N) is 2. The van der Waals surface area contributed by atoms with Crippen LogP contribution >= 0.6 is 12.2 Å². The third-order valence-corrected chi connectivity index (χ3v) is 3.55. The fourth-order valence-electron chi connectivity index (χ4n) is 2.17. The minimum absolute atomic E-state index is 0.133. The standard InChI is InChI=1S/C15H19FN4OS/c1-2-4-13-18-19-15(22)20(13)10-14(21)17-8-7-11-5-3-6-12(16)9-11/h3,5-6,9H,2,4,7-8,10H2,1H3,(H,17,21)(H,19,22). The van der Waals surface area contributed by atoms with Gasteiger partial charge in [-0.1, -0.05) is 19.1 Å². The second kappa shape index (κ2) is 7.84. The Morgan fingerprint density at radius 3 is 3.00 bits per heavy atom. The summed E-state index contributed by atoms with van der Waals surface area (Å²) in [5.74, 6) is 0.386. The Bertz CT molecular complexity index is 695. The smallest absolute Gasteiger partial charge is 0.240 e. The van der Waals surface area contributed by atoms with Crippen LogP contribution in [0.1, 0.15) is 24.7 Å². The molecule has 5 nitrogen and oxygen atoms in total. The Kier molecular flexibility index (Phi) is 5.83. The van der Waals surface area contributed by atoms with Crippen LogP contribution < -0.4 is 5.32 Å². The number of hydrogen-bond donors (Lipinski definition) is 2. The van der Waals surface area contributed by atoms with Crippen molar-refractivity contribution in [3.63, 3.8) is 0 Å². The van der Waals surface area contributed by atoms with Gasteiger partial charge in [-0.3, -0.25) is 14.5 Å². The van der Waals surface area contributed by atoms with Gasteiger partial charge in [-0.2, -0.15) is 5.10 Å². The van der Waals surface area contributed by atoms with Crippen molar-refractivity contribution in [3.8, 4) is 0 Å². The lowest BCUT2D eigenvalue weighted by Gasteiger charge is -2.08. The monoisotopic (exact) mass is 322 g/mol. The van der Waals surface area contributed by atoms with E-state index in [4.69, 9.17) is 12.2 Å². The zero-order valence-electron chi connectivity index (χ0n) is 12.4. The zero-order chi connectivity index (χ0) is 15.9. The Morgan fingerprint density at radius 2 is 2.27 bits per heavy atom. The average molecular weight is 322 g/mol. The van der Waals surface area contributed by atoms with Crippen molar-refractivity contribution in [2.24, 2.45) is 0 Å². The van der Waals surface area contributed by atoms with Crippen LogP contribution in [0.5, 0.6) is 0 Å². The highest BCUT2D eigenvalue weighted by molar-refractivity contribution is 7.71. The molecule has 0 spiro atoms. The number of benzene rings is 1. The molecule has 118 valence electrons. The molecule has 0 fully saturated rings. The van der Waals surface area contributed by atoms with E-state index in [2.05, 4.69) is 15.5 Å². The minimum Gasteiger partial charge on any atom is -0.354 e. The lowest BCUT2D eigenvalue weighted by molar-refractivity contribution is -0.121. The van der Waals surface area contributed by atoms with E-state index in [9.17, 15) is 9.18 Å². The summed E-state index contributed by atoms with van der Waals surface area (Å²) in [5, 5.41) is 9.65. The first kappa shape index (κ1) is 16.4. The van der Waals surface area contributed by atoms with E-state index in [0.29, 0.717) is 17.7 Å². The number of aromatic nitrogens is 3. The predicted molar refractivity (Wildman–Crippen MR) is 84.5 cm³/mol. The molecule has 0 bridgehead atoms. The third-order valence-electron chi connectivity index (χ3n) is 3.24. The number of carbonyl (C=O) groups excluding carboxylic acids is 1. The van der Waals surface area contributed by atoms with E-state index >= 15 is 0 Å². The number of rotatable bonds is 7. The Hall–Kier alpha value is -2.02. The van der Waals surface area contributed by atoms with E-state index in [1.807, 2.05) is 13.0 Å². The van der Waals surface area contributed by atoms with Gasteiger partial charge < -0.3 is 5.32 Å². The molecule has 0 saturated carbocycles. The van der Waals surface area contributed by atoms with E-state index in [1.54, 1.807) is 10.6 Å². The highest BCUT2D eigenvalue weighted by Gasteiger charge is 2.09. The van der Waals surface area contributed by atoms with Gasteiger partial charge in [0, 0.05) is 13.0 Å². The molecule has 0 atom stereocenters. The molecule has 0 aliphatic heterocycles. The summed E-state index contributed by atoms with van der Waals surface area (Å²) in [6.07, 6.45) is 2.28. The number of amides is 1. The van der Waals surface area contributed by atoms with E-state index in [0.717, 1.165) is 24.2 Å². The van der Waals surface area contributed by atoms with Crippen LogP contribution in [-0.2, 0) is 24.2 Å². The van der Waals surface area contributed by atoms with Gasteiger partial charge in [0.1, 0.15) is 18.2 Å². The molecule has 7 heteroatoms. The first-order valence-corrected chi connectivity index (χ1v) is 7.66. The second-order valence-electron chi connectivity index (χ2n) is 5.01. The number of hydrogen-bond acceptors (Lipinski definition) is 3. The van der Waals surface area contributed by atoms with Crippen molar-refractivity contribution >= 4 is 18.1 Å². The first-order valence-electron chi connectivity index (χ1n) is 7.25. The summed E-state index contributed by atoms with van der Waals surface area (Å²) < 4.78 is 15.2. The Morgan fingerprint density at radius 1 is 1.45 bits per heavy atom. The minimum atomic E-state index is -0.266. The van der Waals surface area contributed by atoms with Crippen LogP contribution in [0.25, 0.3) is 0 Å². The summed E-state index contributed by atoms with van der Waals surface area (Å²) in [7, 11) is 0. The lowest BCUT2D eigenvalue weighted by atomic mass is 10.1. The molecule has 2 N–H and O–H groups in total. The quantitative estimate of drug-likeness (QED) is 0.770. The Labute approximate surface area is 133 Å². The predicted octanol–water partition coefficient (Wildman–Crippen LogP) is 2.39. The molecule has 22 heavy (non-hydrogen) atoms. The number of nitrogens with one attached hydrogen (secondary N) is 2. The molecule has 1 aromatic heterocycles. The maximum absolute atomic E-state index is 13.1. The zero-order valence-corrected chi connectivity index (χ0v) is 13.3. The normalized spacial score (nSPS) is 10.6. The van der Waals surface area contributed by atoms with Crippen LogP contribution in [-0.4, -0.2) is 27.2 Å². The fraction of sp³-hybridized carbons (Fsp3) is 0.400. The van der Waals surface area contributed by atoms with Gasteiger partial charge in [0.2, 0.25) is 5.91 Å². The highest BCUT2D eigenvalue weighted by Crippen LogP contribution is 2.04. The Balaban J connectivity index is 1.86. The van der Waals surface area contributed by atoms with Crippen LogP contribution in [0.4, 0.5) is 4.39 Å². The molecule has 2 rings (SSSR count). The molecular formula is C15H19FN4OS. The first-order chi connectivity index (χ1) is 10.6. The topological polar surface area (TPSA) is 62.7 Å². The van der Waals surface area contributed by atoms with Crippen molar-refractivity contribution in [3.05, 3.63) is 46.2 Å². The van der Waals surface area contributed by atoms with E-state index in [1.165, 1.54) is 12.1 Å². The summed E-state index contributed by atoms with van der Waals surface area (Å²) in [6, 6.07) is 6.37. The van der Waals surface area contributed by atoms with E-state index in [-0.39, 0.29) is 18.3 Å². The molecule has 0 saturated heterocycles. The highest BCUT2D eigenvalue weighted by atomic mass is 32.1. The molecule has 1 amide bonds. The summed E-state index contributed by atoms with van der Waals surface area (Å²) in [4.78, 5) is 12.0. The summed E-state index contributed by atoms with van der Waals surface area (Å²) in [6.45, 7) is 2.64. The molecule has 0 unspecified atom stereocenters. The largest absolute Gasteiger partial charge is 0.354 e. The van der Waals surface area contributed by atoms with Gasteiger partial charge in [0.25, 0.3) is 0 Å². The fourth-order valence-corrected chi connectivity index (χ4v) is 2.38. The van der Waals surface area contributed by atoms with Gasteiger partial charge in [-0.25, -0.2) is 4.39 Å². The van der Waals surface area contributed by atoms with Crippen LogP contribution in [0, 0.1) is 10.6 Å². The maximum atomic E-state index is 13.1. The average Bonchev–Trinajstić information content (AvgIpc) is 2.81. The van der Waals surface area contributed by atoms with Crippen molar-refractivity contribution in [1.29, 1.82) is 0 Å². The van der Waals surface area contributed by atoms with Crippen molar-refractivity contribution in [1.82, 2.24) is 20.1 Å². The molecule has 1 aromatic carbocycles. The third kappa shape index (κ3) is 4.49. The molecule has 0 aliphatic carbocycles. The molecule has 2 aromatic rings. The van der Waals surface area contributed by atoms with Gasteiger partial charge in [0.15, 0.2) is 4.77 Å². The number of aromatic amines is 1. The van der Waals surface area contributed by atoms with Gasteiger partial charge in [-0.05, 0) is 42.8 Å². The van der Waals surface area contributed by atoms with Gasteiger partial charge in [0.05, 0.1) is 0 Å². The van der Waals surface area contributed by atoms with Crippen molar-refractivity contribution in [2.75, 3.05) is 6.54 Å². The van der Waals surface area contributed by atoms with Crippen LogP contribution in [0.15, 0.2) is 24.3 Å².